The third-order valence-electron chi connectivity index (χ3n) is 5.19. The number of methoxy groups -OCH3 is 1. The van der Waals surface area contributed by atoms with Crippen LogP contribution in [0, 0.1) is 11.8 Å². The smallest absolute Gasteiger partial charge is 0.158 e. The number of allylic oxidation sites excluding steroid dienone is 2. The van der Waals surface area contributed by atoms with Gasteiger partial charge >= 0.3 is 0 Å². The number of hydrogen-bond acceptors (Lipinski definition) is 3. The highest BCUT2D eigenvalue weighted by Gasteiger charge is 2.20. The van der Waals surface area contributed by atoms with Crippen molar-refractivity contribution in [3.8, 4) is 5.75 Å². The standard InChI is InChI=1S/C23H35NO2/c1-18-15-19(2)17-21(16-18)22(25)11-6-7-13-24-14-8-10-20-9-4-5-12-23(20)26-3/h4-5,9,12,16,18-19,24H,6-8,10-11,13-15,17H2,1-3H3. The summed E-state index contributed by atoms with van der Waals surface area (Å²) in [7, 11) is 1.73. The number of Topliss-reactive ketones (excluding diaryl/α,β-unsaturated/α-hetero) is 1. The zero-order valence-electron chi connectivity index (χ0n) is 16.7. The zero-order chi connectivity index (χ0) is 18.8. The normalized spacial score (nSPS) is 19.9. The van der Waals surface area contributed by atoms with Crippen molar-refractivity contribution in [2.75, 3.05) is 20.2 Å². The van der Waals surface area contributed by atoms with Gasteiger partial charge in [-0.25, -0.2) is 0 Å². The first-order valence-corrected chi connectivity index (χ1v) is 10.2. The lowest BCUT2D eigenvalue weighted by Gasteiger charge is -2.23. The van der Waals surface area contributed by atoms with Crippen molar-refractivity contribution < 1.29 is 9.53 Å². The van der Waals surface area contributed by atoms with E-state index >= 15 is 0 Å². The molecule has 0 aromatic heterocycles. The molecule has 0 saturated carbocycles. The van der Waals surface area contributed by atoms with Crippen LogP contribution in [0.25, 0.3) is 0 Å². The minimum atomic E-state index is 0.375. The van der Waals surface area contributed by atoms with Gasteiger partial charge in [0, 0.05) is 6.42 Å². The van der Waals surface area contributed by atoms with Gasteiger partial charge in [-0.05, 0) is 80.7 Å². The van der Waals surface area contributed by atoms with E-state index in [1.54, 1.807) is 7.11 Å². The van der Waals surface area contributed by atoms with Gasteiger partial charge in [0.05, 0.1) is 7.11 Å². The Morgan fingerprint density at radius 3 is 2.69 bits per heavy atom. The van der Waals surface area contributed by atoms with Gasteiger partial charge in [0.1, 0.15) is 5.75 Å². The Kier molecular flexibility index (Phi) is 8.90. The Labute approximate surface area is 159 Å². The second kappa shape index (κ2) is 11.2. The summed E-state index contributed by atoms with van der Waals surface area (Å²) >= 11 is 0. The minimum absolute atomic E-state index is 0.375. The molecule has 3 heteroatoms. The maximum absolute atomic E-state index is 12.3. The zero-order valence-corrected chi connectivity index (χ0v) is 16.7. The maximum Gasteiger partial charge on any atom is 0.158 e. The predicted octanol–water partition coefficient (Wildman–Crippen LogP) is 4.95. The molecule has 1 aromatic rings. The summed E-state index contributed by atoms with van der Waals surface area (Å²) in [6.45, 7) is 6.47. The average Bonchev–Trinajstić information content (AvgIpc) is 2.63. The highest BCUT2D eigenvalue weighted by Crippen LogP contribution is 2.28. The van der Waals surface area contributed by atoms with Gasteiger partial charge in [-0.2, -0.15) is 0 Å². The summed E-state index contributed by atoms with van der Waals surface area (Å²) in [6.07, 6.45) is 9.28. The van der Waals surface area contributed by atoms with Crippen LogP contribution in [0.5, 0.6) is 5.75 Å². The van der Waals surface area contributed by atoms with Gasteiger partial charge in [0.25, 0.3) is 0 Å². The molecule has 0 saturated heterocycles. The van der Waals surface area contributed by atoms with E-state index in [-0.39, 0.29) is 0 Å². The molecule has 2 atom stereocenters. The van der Waals surface area contributed by atoms with Crippen molar-refractivity contribution in [1.82, 2.24) is 5.32 Å². The van der Waals surface area contributed by atoms with E-state index in [0.717, 1.165) is 56.5 Å². The number of carbonyl (C=O) groups is 1. The fourth-order valence-electron chi connectivity index (χ4n) is 3.91. The van der Waals surface area contributed by atoms with E-state index in [9.17, 15) is 4.79 Å². The molecule has 2 unspecified atom stereocenters. The van der Waals surface area contributed by atoms with Crippen molar-refractivity contribution in [1.29, 1.82) is 0 Å². The number of rotatable bonds is 11. The first-order chi connectivity index (χ1) is 12.6. The fourth-order valence-corrected chi connectivity index (χ4v) is 3.91. The number of benzene rings is 1. The lowest BCUT2D eigenvalue weighted by atomic mass is 9.82. The van der Waals surface area contributed by atoms with E-state index in [2.05, 4.69) is 37.4 Å². The summed E-state index contributed by atoms with van der Waals surface area (Å²) in [5, 5.41) is 3.49. The quantitative estimate of drug-likeness (QED) is 0.570. The Balaban J connectivity index is 1.54. The maximum atomic E-state index is 12.3. The highest BCUT2D eigenvalue weighted by molar-refractivity contribution is 5.95. The van der Waals surface area contributed by atoms with Crippen molar-refractivity contribution in [3.63, 3.8) is 0 Å². The fraction of sp³-hybridized carbons (Fsp3) is 0.609. The molecule has 0 radical (unpaired) electrons. The van der Waals surface area contributed by atoms with E-state index < -0.39 is 0 Å². The SMILES string of the molecule is COc1ccccc1CCCNCCCCC(=O)C1=CC(C)CC(C)C1. The topological polar surface area (TPSA) is 38.3 Å². The first kappa shape index (κ1) is 20.7. The van der Waals surface area contributed by atoms with Crippen molar-refractivity contribution in [2.45, 2.75) is 58.8 Å². The monoisotopic (exact) mass is 357 g/mol. The number of ketones is 1. The summed E-state index contributed by atoms with van der Waals surface area (Å²) in [5.41, 5.74) is 2.35. The molecule has 1 aromatic carbocycles. The van der Waals surface area contributed by atoms with E-state index in [4.69, 9.17) is 4.74 Å². The molecule has 1 aliphatic rings. The molecule has 0 heterocycles. The number of para-hydroxylation sites is 1. The van der Waals surface area contributed by atoms with Gasteiger partial charge in [-0.3, -0.25) is 4.79 Å². The molecule has 0 amide bonds. The van der Waals surface area contributed by atoms with Crippen LogP contribution in [0.1, 0.15) is 57.9 Å². The van der Waals surface area contributed by atoms with Gasteiger partial charge in [-0.15, -0.1) is 0 Å². The molecule has 0 aliphatic heterocycles. The lowest BCUT2D eigenvalue weighted by Crippen LogP contribution is -2.18. The molecular weight excluding hydrogens is 322 g/mol. The average molecular weight is 358 g/mol. The number of ether oxygens (including phenoxy) is 1. The van der Waals surface area contributed by atoms with Gasteiger partial charge in [-0.1, -0.05) is 38.1 Å². The van der Waals surface area contributed by atoms with Crippen LogP contribution >= 0.6 is 0 Å². The summed E-state index contributed by atoms with van der Waals surface area (Å²) < 4.78 is 5.38. The molecule has 2 rings (SSSR count). The molecular formula is C23H35NO2. The number of hydrogen-bond donors (Lipinski definition) is 1. The molecule has 1 N–H and O–H groups in total. The van der Waals surface area contributed by atoms with Crippen LogP contribution in [-0.2, 0) is 11.2 Å². The van der Waals surface area contributed by atoms with Gasteiger partial charge in [0.2, 0.25) is 0 Å². The summed E-state index contributed by atoms with van der Waals surface area (Å²) in [6, 6.07) is 8.22. The van der Waals surface area contributed by atoms with Crippen LogP contribution in [0.3, 0.4) is 0 Å². The highest BCUT2D eigenvalue weighted by atomic mass is 16.5. The molecule has 0 bridgehead atoms. The second-order valence-electron chi connectivity index (χ2n) is 7.76. The Morgan fingerprint density at radius 1 is 1.15 bits per heavy atom. The number of nitrogens with one attached hydrogen (secondary N) is 1. The van der Waals surface area contributed by atoms with E-state index in [1.165, 1.54) is 12.0 Å². The third-order valence-corrected chi connectivity index (χ3v) is 5.19. The minimum Gasteiger partial charge on any atom is -0.496 e. The molecule has 1 aliphatic carbocycles. The van der Waals surface area contributed by atoms with Crippen molar-refractivity contribution in [3.05, 3.63) is 41.5 Å². The lowest BCUT2D eigenvalue weighted by molar-refractivity contribution is -0.116. The third kappa shape index (κ3) is 6.95. The van der Waals surface area contributed by atoms with Gasteiger partial charge < -0.3 is 10.1 Å². The number of unbranched alkanes of at least 4 members (excludes halogenated alkanes) is 1. The molecule has 144 valence electrons. The van der Waals surface area contributed by atoms with E-state index in [1.807, 2.05) is 12.1 Å². The molecule has 3 nitrogen and oxygen atoms in total. The van der Waals surface area contributed by atoms with Crippen LogP contribution in [-0.4, -0.2) is 26.0 Å². The van der Waals surface area contributed by atoms with Crippen molar-refractivity contribution >= 4 is 5.78 Å². The predicted molar refractivity (Wildman–Crippen MR) is 109 cm³/mol. The van der Waals surface area contributed by atoms with Gasteiger partial charge in [0.15, 0.2) is 5.78 Å². The van der Waals surface area contributed by atoms with Crippen molar-refractivity contribution in [2.24, 2.45) is 11.8 Å². The van der Waals surface area contributed by atoms with Crippen LogP contribution in [0.2, 0.25) is 0 Å². The number of carbonyl (C=O) groups excluding carboxylic acids is 1. The van der Waals surface area contributed by atoms with E-state index in [0.29, 0.717) is 24.0 Å². The van der Waals surface area contributed by atoms with Crippen LogP contribution < -0.4 is 10.1 Å². The van der Waals surface area contributed by atoms with Crippen LogP contribution in [0.15, 0.2) is 35.9 Å². The largest absolute Gasteiger partial charge is 0.496 e. The summed E-state index contributed by atoms with van der Waals surface area (Å²) in [5.74, 6) is 2.56. The Bertz CT molecular complexity index is 594. The molecule has 0 spiro atoms. The first-order valence-electron chi connectivity index (χ1n) is 10.2. The second-order valence-corrected chi connectivity index (χ2v) is 7.76. The Hall–Kier alpha value is -1.61. The molecule has 26 heavy (non-hydrogen) atoms. The molecule has 0 fully saturated rings. The summed E-state index contributed by atoms with van der Waals surface area (Å²) in [4.78, 5) is 12.3. The Morgan fingerprint density at radius 2 is 1.92 bits per heavy atom. The van der Waals surface area contributed by atoms with Crippen LogP contribution in [0.4, 0.5) is 0 Å². The number of aryl methyl sites for hydroxylation is 1.